The van der Waals surface area contributed by atoms with Crippen molar-refractivity contribution in [1.82, 2.24) is 0 Å². The third-order valence-electron chi connectivity index (χ3n) is 3.77. The summed E-state index contributed by atoms with van der Waals surface area (Å²) in [6.45, 7) is 8.82. The molecule has 2 amide bonds. The first-order valence-corrected chi connectivity index (χ1v) is 8.12. The third-order valence-corrected chi connectivity index (χ3v) is 3.77. The zero-order valence-corrected chi connectivity index (χ0v) is 15.0. The van der Waals surface area contributed by atoms with Gasteiger partial charge < -0.3 is 19.7 Å². The average Bonchev–Trinajstić information content (AvgIpc) is 2.58. The van der Waals surface area contributed by atoms with E-state index in [0.29, 0.717) is 30.5 Å². The second kappa shape index (κ2) is 7.21. The lowest BCUT2D eigenvalue weighted by Crippen LogP contribution is -2.43. The van der Waals surface area contributed by atoms with Crippen molar-refractivity contribution in [2.45, 2.75) is 27.7 Å². The number of hydrogen-bond acceptors (Lipinski definition) is 4. The minimum atomic E-state index is -0.604. The molecule has 132 valence electrons. The fraction of sp³-hybridized carbons (Fsp3) is 0.556. The van der Waals surface area contributed by atoms with Crippen molar-refractivity contribution in [3.8, 4) is 5.75 Å². The molecule has 0 fully saturated rings. The highest BCUT2D eigenvalue weighted by Crippen LogP contribution is 2.38. The number of benzene rings is 1. The fourth-order valence-corrected chi connectivity index (χ4v) is 2.60. The molecule has 6 nitrogen and oxygen atoms in total. The Morgan fingerprint density at radius 3 is 2.75 bits per heavy atom. The molecule has 0 saturated carbocycles. The van der Waals surface area contributed by atoms with Crippen molar-refractivity contribution in [3.63, 3.8) is 0 Å². The normalized spacial score (nSPS) is 16.4. The van der Waals surface area contributed by atoms with Gasteiger partial charge in [0.25, 0.3) is 0 Å². The lowest BCUT2D eigenvalue weighted by atomic mass is 9.92. The number of amides is 2. The van der Waals surface area contributed by atoms with Gasteiger partial charge in [-0.15, -0.1) is 0 Å². The number of anilines is 2. The third kappa shape index (κ3) is 4.06. The number of methoxy groups -OCH3 is 1. The molecule has 0 aliphatic carbocycles. The Balaban J connectivity index is 2.35. The maximum absolute atomic E-state index is 12.9. The second-order valence-corrected chi connectivity index (χ2v) is 7.15. The molecule has 1 aromatic rings. The Hall–Kier alpha value is -2.08. The predicted molar refractivity (Wildman–Crippen MR) is 93.4 cm³/mol. The van der Waals surface area contributed by atoms with Crippen LogP contribution in [-0.4, -0.2) is 38.7 Å². The van der Waals surface area contributed by atoms with Crippen LogP contribution < -0.4 is 15.0 Å². The van der Waals surface area contributed by atoms with Crippen LogP contribution in [0, 0.1) is 11.3 Å². The largest absolute Gasteiger partial charge is 0.490 e. The van der Waals surface area contributed by atoms with Crippen LogP contribution in [0.25, 0.3) is 0 Å². The van der Waals surface area contributed by atoms with Crippen molar-refractivity contribution < 1.29 is 19.1 Å². The SMILES string of the molecule is COCC(=O)Nc1ccc2c(c1)OCC(C)(C)C(=O)N2CC(C)C. The Bertz CT molecular complexity index is 625. The minimum Gasteiger partial charge on any atom is -0.490 e. The number of carbonyl (C=O) groups is 2. The smallest absolute Gasteiger partial charge is 0.250 e. The molecule has 0 bridgehead atoms. The van der Waals surface area contributed by atoms with Gasteiger partial charge in [0, 0.05) is 25.4 Å². The van der Waals surface area contributed by atoms with Crippen LogP contribution >= 0.6 is 0 Å². The van der Waals surface area contributed by atoms with E-state index in [1.54, 1.807) is 17.0 Å². The Morgan fingerprint density at radius 2 is 2.12 bits per heavy atom. The van der Waals surface area contributed by atoms with Gasteiger partial charge in [-0.25, -0.2) is 0 Å². The quantitative estimate of drug-likeness (QED) is 0.899. The topological polar surface area (TPSA) is 67.9 Å². The summed E-state index contributed by atoms with van der Waals surface area (Å²) in [7, 11) is 1.47. The molecule has 1 aliphatic rings. The van der Waals surface area contributed by atoms with Crippen LogP contribution in [0.2, 0.25) is 0 Å². The van der Waals surface area contributed by atoms with Crippen molar-refractivity contribution in [3.05, 3.63) is 18.2 Å². The Kier molecular flexibility index (Phi) is 5.49. The molecular weight excluding hydrogens is 308 g/mol. The first-order valence-electron chi connectivity index (χ1n) is 8.12. The zero-order valence-electron chi connectivity index (χ0n) is 15.0. The highest BCUT2D eigenvalue weighted by atomic mass is 16.5. The number of nitrogens with zero attached hydrogens (tertiary/aromatic N) is 1. The van der Waals surface area contributed by atoms with Crippen molar-refractivity contribution >= 4 is 23.2 Å². The van der Waals surface area contributed by atoms with Gasteiger partial charge in [-0.05, 0) is 31.9 Å². The molecule has 1 N–H and O–H groups in total. The number of hydrogen-bond donors (Lipinski definition) is 1. The van der Waals surface area contributed by atoms with E-state index < -0.39 is 5.41 Å². The summed E-state index contributed by atoms with van der Waals surface area (Å²) in [4.78, 5) is 26.3. The van der Waals surface area contributed by atoms with E-state index in [1.807, 2.05) is 19.9 Å². The molecule has 24 heavy (non-hydrogen) atoms. The predicted octanol–water partition coefficient (Wildman–Crippen LogP) is 2.68. The van der Waals surface area contributed by atoms with Gasteiger partial charge in [-0.3, -0.25) is 9.59 Å². The van der Waals surface area contributed by atoms with Crippen molar-refractivity contribution in [1.29, 1.82) is 0 Å². The van der Waals surface area contributed by atoms with E-state index in [-0.39, 0.29) is 18.4 Å². The summed E-state index contributed by atoms with van der Waals surface area (Å²) >= 11 is 0. The van der Waals surface area contributed by atoms with Crippen LogP contribution in [0.4, 0.5) is 11.4 Å². The van der Waals surface area contributed by atoms with Crippen LogP contribution in [0.1, 0.15) is 27.7 Å². The first-order chi connectivity index (χ1) is 11.2. The zero-order chi connectivity index (χ0) is 17.9. The molecule has 1 aliphatic heterocycles. The summed E-state index contributed by atoms with van der Waals surface area (Å²) in [6.07, 6.45) is 0. The van der Waals surface area contributed by atoms with Gasteiger partial charge in [0.2, 0.25) is 11.8 Å². The molecule has 0 saturated heterocycles. The van der Waals surface area contributed by atoms with Crippen molar-refractivity contribution in [2.24, 2.45) is 11.3 Å². The van der Waals surface area contributed by atoms with Crippen LogP contribution in [0.3, 0.4) is 0 Å². The van der Waals surface area contributed by atoms with Gasteiger partial charge in [0.1, 0.15) is 19.0 Å². The number of ether oxygens (including phenoxy) is 2. The maximum Gasteiger partial charge on any atom is 0.250 e. The van der Waals surface area contributed by atoms with Crippen LogP contribution in [0.5, 0.6) is 5.75 Å². The molecule has 1 aromatic carbocycles. The maximum atomic E-state index is 12.9. The Labute approximate surface area is 143 Å². The summed E-state index contributed by atoms with van der Waals surface area (Å²) < 4.78 is 10.7. The average molecular weight is 334 g/mol. The Morgan fingerprint density at radius 1 is 1.42 bits per heavy atom. The molecule has 0 aromatic heterocycles. The number of nitrogens with one attached hydrogen (secondary N) is 1. The van der Waals surface area contributed by atoms with Crippen molar-refractivity contribution in [2.75, 3.05) is 37.1 Å². The van der Waals surface area contributed by atoms with Crippen LogP contribution in [-0.2, 0) is 14.3 Å². The standard InChI is InChI=1S/C18H26N2O4/c1-12(2)9-20-14-7-6-13(19-16(21)10-23-5)8-15(14)24-11-18(3,4)17(20)22/h6-8,12H,9-11H2,1-5H3,(H,19,21). The van der Waals surface area contributed by atoms with Gasteiger partial charge in [-0.1, -0.05) is 13.8 Å². The molecular formula is C18H26N2O4. The van der Waals surface area contributed by atoms with E-state index in [1.165, 1.54) is 7.11 Å². The number of rotatable bonds is 5. The summed E-state index contributed by atoms with van der Waals surface area (Å²) in [5, 5.41) is 2.75. The van der Waals surface area contributed by atoms with E-state index in [4.69, 9.17) is 9.47 Å². The van der Waals surface area contributed by atoms with E-state index in [2.05, 4.69) is 19.2 Å². The summed E-state index contributed by atoms with van der Waals surface area (Å²) in [6, 6.07) is 5.35. The van der Waals surface area contributed by atoms with E-state index >= 15 is 0 Å². The van der Waals surface area contributed by atoms with Gasteiger partial charge >= 0.3 is 0 Å². The number of fused-ring (bicyclic) bond motifs is 1. The van der Waals surface area contributed by atoms with E-state index in [0.717, 1.165) is 5.69 Å². The lowest BCUT2D eigenvalue weighted by Gasteiger charge is -2.29. The highest BCUT2D eigenvalue weighted by molar-refractivity contribution is 6.00. The van der Waals surface area contributed by atoms with Crippen LogP contribution in [0.15, 0.2) is 18.2 Å². The molecule has 1 heterocycles. The second-order valence-electron chi connectivity index (χ2n) is 7.15. The molecule has 2 rings (SSSR count). The molecule has 0 spiro atoms. The first kappa shape index (κ1) is 18.3. The lowest BCUT2D eigenvalue weighted by molar-refractivity contribution is -0.127. The van der Waals surface area contributed by atoms with E-state index in [9.17, 15) is 9.59 Å². The molecule has 6 heteroatoms. The monoisotopic (exact) mass is 334 g/mol. The molecule has 0 radical (unpaired) electrons. The molecule has 0 unspecified atom stereocenters. The summed E-state index contributed by atoms with van der Waals surface area (Å²) in [5.74, 6) is 0.745. The number of carbonyl (C=O) groups excluding carboxylic acids is 2. The van der Waals surface area contributed by atoms with Gasteiger partial charge in [0.15, 0.2) is 0 Å². The van der Waals surface area contributed by atoms with Gasteiger partial charge in [0.05, 0.1) is 11.1 Å². The fourth-order valence-electron chi connectivity index (χ4n) is 2.60. The minimum absolute atomic E-state index is 0.0110. The van der Waals surface area contributed by atoms with Gasteiger partial charge in [-0.2, -0.15) is 0 Å². The highest BCUT2D eigenvalue weighted by Gasteiger charge is 2.38. The summed E-state index contributed by atoms with van der Waals surface area (Å²) in [5.41, 5.74) is 0.754. The molecule has 0 atom stereocenters.